The minimum Gasteiger partial charge on any atom is -0.480 e. The number of methoxy groups -OCH3 is 1. The van der Waals surface area contributed by atoms with Gasteiger partial charge in [-0.15, -0.1) is 0 Å². The number of nitrogens with one attached hydrogen (secondary N) is 1. The zero-order valence-electron chi connectivity index (χ0n) is 22.9. The van der Waals surface area contributed by atoms with Crippen LogP contribution in [0.2, 0.25) is 0 Å². The number of aldehydes is 1. The van der Waals surface area contributed by atoms with Gasteiger partial charge >= 0.3 is 0 Å². The van der Waals surface area contributed by atoms with E-state index >= 15 is 0 Å². The first kappa shape index (κ1) is 27.6. The van der Waals surface area contributed by atoms with E-state index in [1.807, 2.05) is 7.05 Å². The second-order valence-corrected chi connectivity index (χ2v) is 12.2. The lowest BCUT2D eigenvalue weighted by atomic mass is 10.1. The highest BCUT2D eigenvalue weighted by Gasteiger charge is 2.34. The number of pyridine rings is 1. The summed E-state index contributed by atoms with van der Waals surface area (Å²) in [6.07, 6.45) is 10.7. The van der Waals surface area contributed by atoms with E-state index < -0.39 is 9.84 Å². The topological polar surface area (TPSA) is 153 Å². The molecule has 13 heteroatoms. The van der Waals surface area contributed by atoms with Crippen LogP contribution < -0.4 is 15.0 Å². The number of carbonyl (C=O) groups is 1. The average Bonchev–Trinajstić information content (AvgIpc) is 3.87. The average molecular weight is 565 g/mol. The Balaban J connectivity index is 1.48. The maximum atomic E-state index is 12.0. The Labute approximate surface area is 233 Å². The number of sulfone groups is 1. The van der Waals surface area contributed by atoms with Gasteiger partial charge in [0.2, 0.25) is 5.88 Å². The fourth-order valence-corrected chi connectivity index (χ4v) is 5.05. The molecule has 1 N–H and O–H groups in total. The predicted molar refractivity (Wildman–Crippen MR) is 150 cm³/mol. The number of aliphatic imine (C=N–C) groups is 1. The van der Waals surface area contributed by atoms with E-state index in [2.05, 4.69) is 42.1 Å². The van der Waals surface area contributed by atoms with Gasteiger partial charge in [-0.25, -0.2) is 38.3 Å². The molecule has 3 heterocycles. The van der Waals surface area contributed by atoms with Crippen LogP contribution in [0.15, 0.2) is 40.9 Å². The first-order chi connectivity index (χ1) is 19.2. The minimum atomic E-state index is -3.40. The largest absolute Gasteiger partial charge is 0.480 e. The molecule has 40 heavy (non-hydrogen) atoms. The van der Waals surface area contributed by atoms with Gasteiger partial charge in [-0.05, 0) is 50.2 Å². The maximum Gasteiger partial charge on any atom is 0.227 e. The third-order valence-electron chi connectivity index (χ3n) is 7.23. The summed E-state index contributed by atoms with van der Waals surface area (Å²) < 4.78 is 28.9. The third-order valence-corrected chi connectivity index (χ3v) is 8.23. The number of aromatic nitrogens is 5. The summed E-state index contributed by atoms with van der Waals surface area (Å²) in [5.41, 5.74) is 2.67. The quantitative estimate of drug-likeness (QED) is 0.208. The summed E-state index contributed by atoms with van der Waals surface area (Å²) in [5, 5.41) is 2.98. The fraction of sp³-hybridized carbons (Fsp3) is 0.444. The van der Waals surface area contributed by atoms with Crippen molar-refractivity contribution in [1.29, 1.82) is 0 Å². The van der Waals surface area contributed by atoms with Crippen LogP contribution in [0, 0.1) is 5.92 Å². The number of ether oxygens (including phenoxy) is 1. The molecule has 210 valence electrons. The molecule has 12 nitrogen and oxygen atoms in total. The summed E-state index contributed by atoms with van der Waals surface area (Å²) in [6.45, 7) is 2.38. The molecular weight excluding hydrogens is 532 g/mol. The molecule has 0 spiro atoms. The van der Waals surface area contributed by atoms with Crippen LogP contribution in [-0.2, 0) is 21.2 Å². The molecule has 2 fully saturated rings. The van der Waals surface area contributed by atoms with Gasteiger partial charge in [0.1, 0.15) is 17.6 Å². The number of rotatable bonds is 11. The number of nitrogens with zero attached hydrogens (tertiary/aromatic N) is 7. The molecule has 3 aromatic heterocycles. The van der Waals surface area contributed by atoms with Crippen molar-refractivity contribution in [3.05, 3.63) is 42.1 Å². The summed E-state index contributed by atoms with van der Waals surface area (Å²) >= 11 is 0. The Hall–Kier alpha value is -4.00. The molecule has 0 radical (unpaired) electrons. The van der Waals surface area contributed by atoms with E-state index in [0.29, 0.717) is 52.5 Å². The predicted octanol–water partition coefficient (Wildman–Crippen LogP) is 2.87. The first-order valence-corrected chi connectivity index (χ1v) is 15.0. The van der Waals surface area contributed by atoms with Crippen molar-refractivity contribution in [2.45, 2.75) is 56.1 Å². The lowest BCUT2D eigenvalue weighted by Crippen LogP contribution is -2.32. The second kappa shape index (κ2) is 11.2. The highest BCUT2D eigenvalue weighted by molar-refractivity contribution is 7.90. The van der Waals surface area contributed by atoms with E-state index in [-0.39, 0.29) is 23.4 Å². The maximum absolute atomic E-state index is 12.0. The molecule has 0 unspecified atom stereocenters. The standard InChI is InChI=1S/C27H32N8O4S/c1-16(18-6-7-18)35(2)26-20(33-21(14-36)28-11-17-5-10-22(29-12-17)40(4,37)38)13-30-25(34-26)23-24(19-8-9-19)31-15-32-27(23)39-3/h5,10,12-16,18-19H,6-9,11H2,1-4H3,(H,28,33)/t16-/m0/s1. The number of hydrogen-bond acceptors (Lipinski definition) is 11. The molecule has 5 rings (SSSR count). The van der Waals surface area contributed by atoms with Gasteiger partial charge in [0.15, 0.2) is 38.6 Å². The van der Waals surface area contributed by atoms with Crippen molar-refractivity contribution in [2.24, 2.45) is 10.9 Å². The second-order valence-electron chi connectivity index (χ2n) is 10.3. The van der Waals surface area contributed by atoms with Gasteiger partial charge in [-0.2, -0.15) is 0 Å². The molecule has 0 bridgehead atoms. The summed E-state index contributed by atoms with van der Waals surface area (Å²) in [6, 6.07) is 3.28. The van der Waals surface area contributed by atoms with Crippen LogP contribution in [-0.4, -0.2) is 71.9 Å². The van der Waals surface area contributed by atoms with Crippen molar-refractivity contribution >= 4 is 33.5 Å². The normalized spacial score (nSPS) is 16.4. The highest BCUT2D eigenvalue weighted by Crippen LogP contribution is 2.45. The first-order valence-electron chi connectivity index (χ1n) is 13.1. The molecule has 0 saturated heterocycles. The number of anilines is 1. The Morgan fingerprint density at radius 3 is 2.55 bits per heavy atom. The summed E-state index contributed by atoms with van der Waals surface area (Å²) in [7, 11) is 0.139. The van der Waals surface area contributed by atoms with Gasteiger partial charge in [-0.3, -0.25) is 4.79 Å². The van der Waals surface area contributed by atoms with Crippen LogP contribution in [0.25, 0.3) is 11.4 Å². The molecule has 2 saturated carbocycles. The molecule has 2 aliphatic rings. The van der Waals surface area contributed by atoms with E-state index in [4.69, 9.17) is 9.72 Å². The Kier molecular flexibility index (Phi) is 7.74. The Morgan fingerprint density at radius 1 is 1.18 bits per heavy atom. The van der Waals surface area contributed by atoms with Gasteiger partial charge < -0.3 is 15.0 Å². The summed E-state index contributed by atoms with van der Waals surface area (Å²) in [5.74, 6) is 2.41. The van der Waals surface area contributed by atoms with Crippen molar-refractivity contribution in [3.63, 3.8) is 0 Å². The molecule has 0 aliphatic heterocycles. The smallest absolute Gasteiger partial charge is 0.227 e. The number of amidine groups is 1. The lowest BCUT2D eigenvalue weighted by Gasteiger charge is -2.27. The number of carbonyl (C=O) groups excluding carboxylic acids is 1. The fourth-order valence-electron chi connectivity index (χ4n) is 4.49. The molecule has 0 aromatic carbocycles. The van der Waals surface area contributed by atoms with Crippen molar-refractivity contribution in [3.8, 4) is 17.3 Å². The lowest BCUT2D eigenvalue weighted by molar-refractivity contribution is -0.102. The van der Waals surface area contributed by atoms with Crippen LogP contribution in [0.4, 0.5) is 11.5 Å². The SMILES string of the molecule is COc1ncnc(C2CC2)c1-c1ncc(/N=C(\C=O)NCc2ccc(S(C)(=O)=O)nc2)c(N(C)[C@@H](C)C2CC2)n1. The highest BCUT2D eigenvalue weighted by atomic mass is 32.2. The van der Waals surface area contributed by atoms with Crippen LogP contribution >= 0.6 is 0 Å². The van der Waals surface area contributed by atoms with Gasteiger partial charge in [0, 0.05) is 38.0 Å². The monoisotopic (exact) mass is 564 g/mol. The van der Waals surface area contributed by atoms with E-state index in [9.17, 15) is 13.2 Å². The van der Waals surface area contributed by atoms with Crippen LogP contribution in [0.5, 0.6) is 5.88 Å². The zero-order chi connectivity index (χ0) is 28.4. The van der Waals surface area contributed by atoms with E-state index in [0.717, 1.165) is 37.6 Å². The summed E-state index contributed by atoms with van der Waals surface area (Å²) in [4.78, 5) is 41.0. The minimum absolute atomic E-state index is 0.0134. The van der Waals surface area contributed by atoms with Crippen molar-refractivity contribution in [2.75, 3.05) is 25.3 Å². The molecule has 2 aliphatic carbocycles. The van der Waals surface area contributed by atoms with E-state index in [1.165, 1.54) is 18.6 Å². The van der Waals surface area contributed by atoms with Gasteiger partial charge in [0.05, 0.1) is 19.0 Å². The molecule has 3 aromatic rings. The van der Waals surface area contributed by atoms with Crippen molar-refractivity contribution in [1.82, 2.24) is 30.2 Å². The van der Waals surface area contributed by atoms with E-state index in [1.54, 1.807) is 19.4 Å². The van der Waals surface area contributed by atoms with Gasteiger partial charge in [0.25, 0.3) is 0 Å². The molecular formula is C27H32N8O4S. The Morgan fingerprint density at radius 2 is 1.95 bits per heavy atom. The number of hydrogen-bond donors (Lipinski definition) is 1. The molecule has 1 atom stereocenters. The molecule has 0 amide bonds. The van der Waals surface area contributed by atoms with Crippen LogP contribution in [0.1, 0.15) is 49.8 Å². The van der Waals surface area contributed by atoms with Crippen molar-refractivity contribution < 1.29 is 17.9 Å². The third kappa shape index (κ3) is 6.09. The van der Waals surface area contributed by atoms with Crippen LogP contribution in [0.3, 0.4) is 0 Å². The van der Waals surface area contributed by atoms with Gasteiger partial charge in [-0.1, -0.05) is 6.07 Å². The zero-order valence-corrected chi connectivity index (χ0v) is 23.7. The Bertz CT molecular complexity index is 1540.